The summed E-state index contributed by atoms with van der Waals surface area (Å²) in [5, 5.41) is 2.77. The Morgan fingerprint density at radius 1 is 1.03 bits per heavy atom. The molecule has 0 saturated carbocycles. The molecule has 2 rings (SSSR count). The summed E-state index contributed by atoms with van der Waals surface area (Å²) < 4.78 is 7.23. The predicted molar refractivity (Wildman–Crippen MR) is 117 cm³/mol. The Kier molecular flexibility index (Phi) is 9.15. The molecule has 1 fully saturated rings. The lowest BCUT2D eigenvalue weighted by atomic mass is 10.1. The summed E-state index contributed by atoms with van der Waals surface area (Å²) in [5.74, 6) is -0.569. The minimum absolute atomic E-state index is 0.0947. The molecule has 7 nitrogen and oxygen atoms in total. The first-order valence-corrected chi connectivity index (χ1v) is 11.0. The summed E-state index contributed by atoms with van der Waals surface area (Å²) in [6.07, 6.45) is 7.85. The molecule has 30 heavy (non-hydrogen) atoms. The summed E-state index contributed by atoms with van der Waals surface area (Å²) in [6, 6.07) is 0. The molecule has 166 valence electrons. The molecule has 0 bridgehead atoms. The van der Waals surface area contributed by atoms with Gasteiger partial charge in [0.05, 0.1) is 12.2 Å². The summed E-state index contributed by atoms with van der Waals surface area (Å²) >= 11 is 0. The molecular weight excluding hydrogens is 382 g/mol. The second-order valence-electron chi connectivity index (χ2n) is 7.59. The highest BCUT2D eigenvalue weighted by molar-refractivity contribution is 5.98. The maximum absolute atomic E-state index is 12.4. The average Bonchev–Trinajstić information content (AvgIpc) is 2.89. The lowest BCUT2D eigenvalue weighted by Crippen LogP contribution is -2.34. The molecule has 7 heteroatoms. The standard InChI is InChI=1S/C23H35N3O4/c1-5-26-17(3)19(22(18(26)4)23(29)30-6-2)11-12-20(27)24-14-13-21(28)25-15-9-7-8-10-16-25/h11-12H,5-10,13-16H2,1-4H3,(H,24,27)/b12-11+. The van der Waals surface area contributed by atoms with E-state index < -0.39 is 0 Å². The van der Waals surface area contributed by atoms with Crippen LogP contribution in [0.5, 0.6) is 0 Å². The Morgan fingerprint density at radius 3 is 2.30 bits per heavy atom. The lowest BCUT2D eigenvalue weighted by Gasteiger charge is -2.20. The van der Waals surface area contributed by atoms with Crippen LogP contribution in [0.1, 0.15) is 73.3 Å². The van der Waals surface area contributed by atoms with E-state index in [1.807, 2.05) is 30.2 Å². The van der Waals surface area contributed by atoms with Crippen LogP contribution in [0.3, 0.4) is 0 Å². The number of amides is 2. The van der Waals surface area contributed by atoms with Crippen molar-refractivity contribution in [2.24, 2.45) is 0 Å². The van der Waals surface area contributed by atoms with Crippen molar-refractivity contribution in [3.8, 4) is 0 Å². The van der Waals surface area contributed by atoms with E-state index in [2.05, 4.69) is 5.32 Å². The van der Waals surface area contributed by atoms with Gasteiger partial charge in [-0.15, -0.1) is 0 Å². The van der Waals surface area contributed by atoms with Crippen LogP contribution < -0.4 is 5.32 Å². The van der Waals surface area contributed by atoms with Crippen molar-refractivity contribution in [1.82, 2.24) is 14.8 Å². The number of hydrogen-bond acceptors (Lipinski definition) is 4. The number of nitrogens with zero attached hydrogens (tertiary/aromatic N) is 2. The Morgan fingerprint density at radius 2 is 1.70 bits per heavy atom. The molecule has 1 saturated heterocycles. The summed E-state index contributed by atoms with van der Waals surface area (Å²) in [4.78, 5) is 38.9. The van der Waals surface area contributed by atoms with Crippen LogP contribution in [0.25, 0.3) is 6.08 Å². The Bertz CT molecular complexity index is 787. The first-order chi connectivity index (χ1) is 14.4. The number of aromatic nitrogens is 1. The zero-order valence-corrected chi connectivity index (χ0v) is 18.8. The Balaban J connectivity index is 1.98. The summed E-state index contributed by atoms with van der Waals surface area (Å²) in [7, 11) is 0. The molecule has 1 N–H and O–H groups in total. The van der Waals surface area contributed by atoms with E-state index in [1.165, 1.54) is 18.9 Å². The number of carbonyl (C=O) groups excluding carboxylic acids is 3. The molecule has 1 aliphatic heterocycles. The molecule has 0 radical (unpaired) electrons. The third kappa shape index (κ3) is 5.97. The normalized spacial score (nSPS) is 14.6. The van der Waals surface area contributed by atoms with Gasteiger partial charge >= 0.3 is 5.97 Å². The average molecular weight is 418 g/mol. The van der Waals surface area contributed by atoms with E-state index in [-0.39, 0.29) is 17.8 Å². The van der Waals surface area contributed by atoms with Gasteiger partial charge in [-0.2, -0.15) is 0 Å². The van der Waals surface area contributed by atoms with Crippen LogP contribution in [0.2, 0.25) is 0 Å². The van der Waals surface area contributed by atoms with E-state index >= 15 is 0 Å². The minimum atomic E-state index is -0.381. The number of ether oxygens (including phenoxy) is 1. The van der Waals surface area contributed by atoms with Crippen LogP contribution in [0, 0.1) is 13.8 Å². The predicted octanol–water partition coefficient (Wildman–Crippen LogP) is 3.22. The maximum Gasteiger partial charge on any atom is 0.340 e. The van der Waals surface area contributed by atoms with E-state index in [4.69, 9.17) is 4.74 Å². The van der Waals surface area contributed by atoms with E-state index in [9.17, 15) is 14.4 Å². The molecule has 0 atom stereocenters. The van der Waals surface area contributed by atoms with Gasteiger partial charge in [-0.3, -0.25) is 9.59 Å². The Hall–Kier alpha value is -2.57. The van der Waals surface area contributed by atoms with Crippen LogP contribution >= 0.6 is 0 Å². The summed E-state index contributed by atoms with van der Waals surface area (Å²) in [5.41, 5.74) is 2.94. The van der Waals surface area contributed by atoms with Gasteiger partial charge in [0.25, 0.3) is 0 Å². The van der Waals surface area contributed by atoms with Crippen molar-refractivity contribution in [2.45, 2.75) is 66.3 Å². The zero-order valence-electron chi connectivity index (χ0n) is 18.8. The van der Waals surface area contributed by atoms with Gasteiger partial charge in [0.2, 0.25) is 11.8 Å². The minimum Gasteiger partial charge on any atom is -0.462 e. The topological polar surface area (TPSA) is 80.6 Å². The third-order valence-corrected chi connectivity index (χ3v) is 5.62. The number of likely N-dealkylation sites (tertiary alicyclic amines) is 1. The number of hydrogen-bond donors (Lipinski definition) is 1. The van der Waals surface area contributed by atoms with E-state index in [0.29, 0.717) is 30.7 Å². The molecular formula is C23H35N3O4. The largest absolute Gasteiger partial charge is 0.462 e. The van der Waals surface area contributed by atoms with Crippen molar-refractivity contribution >= 4 is 23.9 Å². The maximum atomic E-state index is 12.4. The monoisotopic (exact) mass is 417 g/mol. The number of rotatable bonds is 8. The first-order valence-electron chi connectivity index (χ1n) is 11.0. The van der Waals surface area contributed by atoms with Crippen LogP contribution in [0.4, 0.5) is 0 Å². The molecule has 2 amide bonds. The van der Waals surface area contributed by atoms with E-state index in [1.54, 1.807) is 13.0 Å². The van der Waals surface area contributed by atoms with Gasteiger partial charge < -0.3 is 19.5 Å². The highest BCUT2D eigenvalue weighted by Gasteiger charge is 2.22. The fourth-order valence-corrected chi connectivity index (χ4v) is 4.04. The SMILES string of the molecule is CCOC(=O)c1c(/C=C/C(=O)NCCC(=O)N2CCCCCC2)c(C)n(CC)c1C. The zero-order chi connectivity index (χ0) is 22.1. The van der Waals surface area contributed by atoms with Gasteiger partial charge in [-0.25, -0.2) is 4.79 Å². The lowest BCUT2D eigenvalue weighted by molar-refractivity contribution is -0.131. The smallest absolute Gasteiger partial charge is 0.340 e. The molecule has 0 spiro atoms. The van der Waals surface area contributed by atoms with E-state index in [0.717, 1.165) is 43.9 Å². The highest BCUT2D eigenvalue weighted by atomic mass is 16.5. The molecule has 1 aromatic rings. The summed E-state index contributed by atoms with van der Waals surface area (Å²) in [6.45, 7) is 10.5. The van der Waals surface area contributed by atoms with Crippen LogP contribution in [0.15, 0.2) is 6.08 Å². The molecule has 1 aromatic heterocycles. The van der Waals surface area contributed by atoms with Gasteiger partial charge in [-0.05, 0) is 46.6 Å². The highest BCUT2D eigenvalue weighted by Crippen LogP contribution is 2.25. The van der Waals surface area contributed by atoms with Crippen LogP contribution in [-0.2, 0) is 20.9 Å². The molecule has 1 aliphatic rings. The van der Waals surface area contributed by atoms with Crippen molar-refractivity contribution in [2.75, 3.05) is 26.2 Å². The van der Waals surface area contributed by atoms with Gasteiger partial charge in [0.15, 0.2) is 0 Å². The fraction of sp³-hybridized carbons (Fsp3) is 0.609. The van der Waals surface area contributed by atoms with Crippen molar-refractivity contribution in [1.29, 1.82) is 0 Å². The van der Waals surface area contributed by atoms with Gasteiger partial charge in [0.1, 0.15) is 0 Å². The number of nitrogens with one attached hydrogen (secondary N) is 1. The Labute approximate surface area is 179 Å². The fourth-order valence-electron chi connectivity index (χ4n) is 4.04. The molecule has 0 aliphatic carbocycles. The number of esters is 1. The second-order valence-corrected chi connectivity index (χ2v) is 7.59. The quantitative estimate of drug-likeness (QED) is 0.520. The second kappa shape index (κ2) is 11.6. The third-order valence-electron chi connectivity index (χ3n) is 5.62. The van der Waals surface area contributed by atoms with Crippen molar-refractivity contribution < 1.29 is 19.1 Å². The molecule has 0 aromatic carbocycles. The first kappa shape index (κ1) is 23.7. The van der Waals surface area contributed by atoms with Gasteiger partial charge in [0, 0.05) is 55.6 Å². The van der Waals surface area contributed by atoms with Gasteiger partial charge in [-0.1, -0.05) is 12.8 Å². The van der Waals surface area contributed by atoms with Crippen molar-refractivity contribution in [3.05, 3.63) is 28.6 Å². The number of carbonyl (C=O) groups is 3. The molecule has 0 unspecified atom stereocenters. The van der Waals surface area contributed by atoms with Crippen molar-refractivity contribution in [3.63, 3.8) is 0 Å². The molecule has 2 heterocycles. The van der Waals surface area contributed by atoms with Crippen LogP contribution in [-0.4, -0.2) is 53.5 Å².